The largest absolute Gasteiger partial charge is 0.398 e. The van der Waals surface area contributed by atoms with Crippen molar-refractivity contribution < 1.29 is 4.79 Å². The molecule has 0 radical (unpaired) electrons. The molecule has 0 aromatic heterocycles. The van der Waals surface area contributed by atoms with E-state index in [1.807, 2.05) is 17.0 Å². The topological polar surface area (TPSA) is 46.3 Å². The first-order chi connectivity index (χ1) is 9.24. The number of carbonyl (C=O) groups excluding carboxylic acids is 1. The van der Waals surface area contributed by atoms with Crippen LogP contribution < -0.4 is 5.73 Å². The summed E-state index contributed by atoms with van der Waals surface area (Å²) >= 11 is 0. The van der Waals surface area contributed by atoms with Gasteiger partial charge in [-0.1, -0.05) is 24.3 Å². The monoisotopic (exact) mass is 256 g/mol. The summed E-state index contributed by atoms with van der Waals surface area (Å²) in [7, 11) is 0. The van der Waals surface area contributed by atoms with Gasteiger partial charge in [0.25, 0.3) is 0 Å². The molecule has 3 heteroatoms. The van der Waals surface area contributed by atoms with E-state index < -0.39 is 0 Å². The number of nitrogens with two attached hydrogens (primary N) is 1. The van der Waals surface area contributed by atoms with Gasteiger partial charge in [-0.2, -0.15) is 0 Å². The molecule has 0 saturated heterocycles. The number of allylic oxidation sites excluding steroid dienone is 2. The highest BCUT2D eigenvalue weighted by molar-refractivity contribution is 5.77. The van der Waals surface area contributed by atoms with Crippen LogP contribution in [0.5, 0.6) is 0 Å². The average molecular weight is 256 g/mol. The van der Waals surface area contributed by atoms with Crippen molar-refractivity contribution in [3.05, 3.63) is 41.5 Å². The van der Waals surface area contributed by atoms with Crippen molar-refractivity contribution in [2.24, 2.45) is 5.92 Å². The van der Waals surface area contributed by atoms with Crippen molar-refractivity contribution in [2.75, 3.05) is 12.3 Å². The molecule has 0 spiro atoms. The van der Waals surface area contributed by atoms with Crippen LogP contribution in [0.25, 0.3) is 0 Å². The third kappa shape index (κ3) is 2.50. The van der Waals surface area contributed by atoms with Crippen LogP contribution in [0.1, 0.15) is 30.4 Å². The Hall–Kier alpha value is -1.77. The zero-order valence-electron chi connectivity index (χ0n) is 11.1. The lowest BCUT2D eigenvalue weighted by Gasteiger charge is -2.30. The maximum atomic E-state index is 12.3. The summed E-state index contributed by atoms with van der Waals surface area (Å²) in [6, 6.07) is 6.04. The number of hydrogen-bond acceptors (Lipinski definition) is 2. The summed E-state index contributed by atoms with van der Waals surface area (Å²) in [5.41, 5.74) is 9.27. The number of nitrogen functional groups attached to an aromatic ring is 1. The van der Waals surface area contributed by atoms with Gasteiger partial charge in [-0.25, -0.2) is 0 Å². The first kappa shape index (κ1) is 12.3. The predicted octanol–water partition coefficient (Wildman–Crippen LogP) is 2.51. The third-order valence-electron chi connectivity index (χ3n) is 4.21. The number of carbonyl (C=O) groups is 1. The molecule has 1 aromatic rings. The highest BCUT2D eigenvalue weighted by Gasteiger charge is 2.24. The molecular formula is C16H20N2O. The maximum absolute atomic E-state index is 12.3. The Morgan fingerprint density at radius 1 is 1.42 bits per heavy atom. The Morgan fingerprint density at radius 2 is 2.32 bits per heavy atom. The third-order valence-corrected chi connectivity index (χ3v) is 4.21. The van der Waals surface area contributed by atoms with Crippen molar-refractivity contribution in [2.45, 2.75) is 32.2 Å². The van der Waals surface area contributed by atoms with Crippen molar-refractivity contribution >= 4 is 11.6 Å². The maximum Gasteiger partial charge on any atom is 0.223 e. The molecule has 0 saturated carbocycles. The van der Waals surface area contributed by atoms with Crippen molar-refractivity contribution in [1.29, 1.82) is 0 Å². The van der Waals surface area contributed by atoms with Crippen LogP contribution >= 0.6 is 0 Å². The van der Waals surface area contributed by atoms with Crippen LogP contribution in [0.2, 0.25) is 0 Å². The molecule has 1 aromatic carbocycles. The van der Waals surface area contributed by atoms with Gasteiger partial charge >= 0.3 is 0 Å². The summed E-state index contributed by atoms with van der Waals surface area (Å²) in [4.78, 5) is 14.3. The Morgan fingerprint density at radius 3 is 3.11 bits per heavy atom. The molecule has 1 amide bonds. The second-order valence-electron chi connectivity index (χ2n) is 5.52. The van der Waals surface area contributed by atoms with Gasteiger partial charge in [-0.3, -0.25) is 4.79 Å². The van der Waals surface area contributed by atoms with E-state index in [9.17, 15) is 4.79 Å². The van der Waals surface area contributed by atoms with Gasteiger partial charge < -0.3 is 10.6 Å². The first-order valence-electron chi connectivity index (χ1n) is 7.04. The van der Waals surface area contributed by atoms with Crippen LogP contribution in [0, 0.1) is 5.92 Å². The zero-order valence-corrected chi connectivity index (χ0v) is 11.1. The van der Waals surface area contributed by atoms with Crippen LogP contribution in [-0.2, 0) is 17.8 Å². The Labute approximate surface area is 114 Å². The molecule has 3 rings (SSSR count). The number of hydrogen-bond donors (Lipinski definition) is 1. The Kier molecular flexibility index (Phi) is 3.28. The molecule has 3 nitrogen and oxygen atoms in total. The van der Waals surface area contributed by atoms with E-state index in [-0.39, 0.29) is 5.91 Å². The minimum absolute atomic E-state index is 0.269. The first-order valence-corrected chi connectivity index (χ1v) is 7.04. The molecule has 2 N–H and O–H groups in total. The SMILES string of the molecule is Nc1cccc2c1CN(C(=O)CC1C=CCC1)CC2. The molecule has 1 atom stereocenters. The second-order valence-corrected chi connectivity index (χ2v) is 5.52. The lowest BCUT2D eigenvalue weighted by molar-refractivity contribution is -0.132. The van der Waals surface area contributed by atoms with E-state index in [0.29, 0.717) is 18.9 Å². The summed E-state index contributed by atoms with van der Waals surface area (Å²) in [6.45, 7) is 1.50. The molecule has 1 aliphatic carbocycles. The van der Waals surface area contributed by atoms with Crippen LogP contribution in [-0.4, -0.2) is 17.4 Å². The molecular weight excluding hydrogens is 236 g/mol. The van der Waals surface area contributed by atoms with E-state index >= 15 is 0 Å². The van der Waals surface area contributed by atoms with Gasteiger partial charge in [-0.15, -0.1) is 0 Å². The summed E-state index contributed by atoms with van der Waals surface area (Å²) < 4.78 is 0. The molecule has 0 bridgehead atoms. The molecule has 19 heavy (non-hydrogen) atoms. The standard InChI is InChI=1S/C16H20N2O/c17-15-7-3-6-13-8-9-18(11-14(13)15)16(19)10-12-4-1-2-5-12/h1,3-4,6-7,12H,2,5,8-11,17H2. The number of benzene rings is 1. The highest BCUT2D eigenvalue weighted by atomic mass is 16.2. The van der Waals surface area contributed by atoms with E-state index in [0.717, 1.165) is 37.1 Å². The predicted molar refractivity (Wildman–Crippen MR) is 76.5 cm³/mol. The minimum atomic E-state index is 0.269. The van der Waals surface area contributed by atoms with Crippen molar-refractivity contribution in [3.63, 3.8) is 0 Å². The summed E-state index contributed by atoms with van der Waals surface area (Å²) in [6.07, 6.45) is 8.18. The summed E-state index contributed by atoms with van der Waals surface area (Å²) in [5, 5.41) is 0. The second kappa shape index (κ2) is 5.08. The van der Waals surface area contributed by atoms with Gasteiger partial charge in [-0.05, 0) is 42.4 Å². The molecule has 0 fully saturated rings. The van der Waals surface area contributed by atoms with E-state index in [1.54, 1.807) is 0 Å². The molecule has 1 unspecified atom stereocenters. The van der Waals surface area contributed by atoms with E-state index in [2.05, 4.69) is 18.2 Å². The number of nitrogens with zero attached hydrogens (tertiary/aromatic N) is 1. The number of anilines is 1. The zero-order chi connectivity index (χ0) is 13.2. The highest BCUT2D eigenvalue weighted by Crippen LogP contribution is 2.26. The number of rotatable bonds is 2. The van der Waals surface area contributed by atoms with E-state index in [4.69, 9.17) is 5.73 Å². The quantitative estimate of drug-likeness (QED) is 0.653. The van der Waals surface area contributed by atoms with E-state index in [1.165, 1.54) is 5.56 Å². The van der Waals surface area contributed by atoms with Crippen LogP contribution in [0.4, 0.5) is 5.69 Å². The van der Waals surface area contributed by atoms with Crippen LogP contribution in [0.3, 0.4) is 0 Å². The minimum Gasteiger partial charge on any atom is -0.398 e. The summed E-state index contributed by atoms with van der Waals surface area (Å²) in [5.74, 6) is 0.715. The number of amides is 1. The smallest absolute Gasteiger partial charge is 0.223 e. The number of fused-ring (bicyclic) bond motifs is 1. The van der Waals surface area contributed by atoms with Crippen molar-refractivity contribution in [1.82, 2.24) is 4.90 Å². The lowest BCUT2D eigenvalue weighted by atomic mass is 9.97. The fourth-order valence-electron chi connectivity index (χ4n) is 3.04. The van der Waals surface area contributed by atoms with Crippen LogP contribution in [0.15, 0.2) is 30.4 Å². The fourth-order valence-corrected chi connectivity index (χ4v) is 3.04. The van der Waals surface area contributed by atoms with Crippen molar-refractivity contribution in [3.8, 4) is 0 Å². The molecule has 2 aliphatic rings. The Balaban J connectivity index is 1.69. The lowest BCUT2D eigenvalue weighted by Crippen LogP contribution is -2.37. The average Bonchev–Trinajstić information content (AvgIpc) is 2.92. The van der Waals surface area contributed by atoms with Gasteiger partial charge in [0, 0.05) is 25.2 Å². The van der Waals surface area contributed by atoms with Gasteiger partial charge in [0.2, 0.25) is 5.91 Å². The molecule has 100 valence electrons. The van der Waals surface area contributed by atoms with Gasteiger partial charge in [0.15, 0.2) is 0 Å². The Bertz CT molecular complexity index is 521. The fraction of sp³-hybridized carbons (Fsp3) is 0.438. The molecule has 1 heterocycles. The normalized spacial score (nSPS) is 21.5. The van der Waals surface area contributed by atoms with Gasteiger partial charge in [0.1, 0.15) is 0 Å². The molecule has 1 aliphatic heterocycles. The van der Waals surface area contributed by atoms with Gasteiger partial charge in [0.05, 0.1) is 0 Å².